The largest absolute Gasteiger partial charge is 0.449 e. The van der Waals surface area contributed by atoms with Crippen LogP contribution in [-0.4, -0.2) is 69.9 Å². The van der Waals surface area contributed by atoms with Crippen molar-refractivity contribution in [2.75, 3.05) is 19.8 Å². The van der Waals surface area contributed by atoms with Crippen molar-refractivity contribution < 1.29 is 55.0 Å². The fourth-order valence-electron chi connectivity index (χ4n) is 3.72. The molecule has 0 bridgehead atoms. The van der Waals surface area contributed by atoms with Gasteiger partial charge in [0, 0.05) is 19.0 Å². The third-order valence-electron chi connectivity index (χ3n) is 5.33. The molecule has 210 valence electrons. The Kier molecular flexibility index (Phi) is 10.1. The molecular formula is C22H22ClF6N3O6. The molecule has 1 aliphatic heterocycles. The highest BCUT2D eigenvalue weighted by Gasteiger charge is 2.38. The molecule has 2 atom stereocenters. The molecule has 0 spiro atoms. The average Bonchev–Trinajstić information content (AvgIpc) is 3.21. The van der Waals surface area contributed by atoms with Crippen LogP contribution in [0.15, 0.2) is 24.4 Å². The Balaban J connectivity index is 0.000000391. The van der Waals surface area contributed by atoms with E-state index in [4.69, 9.17) is 0 Å². The lowest BCUT2D eigenvalue weighted by molar-refractivity contribution is -0.190. The van der Waals surface area contributed by atoms with Crippen LogP contribution in [0.3, 0.4) is 0 Å². The molecule has 38 heavy (non-hydrogen) atoms. The van der Waals surface area contributed by atoms with Crippen LogP contribution in [-0.2, 0) is 35.7 Å². The summed E-state index contributed by atoms with van der Waals surface area (Å²) in [5, 5.41) is 3.50. The van der Waals surface area contributed by atoms with Crippen LogP contribution in [0.25, 0.3) is 10.9 Å². The number of amides is 1. The summed E-state index contributed by atoms with van der Waals surface area (Å²) in [7, 11) is 1.80. The predicted molar refractivity (Wildman–Crippen MR) is 118 cm³/mol. The maximum atomic E-state index is 12.5. The third kappa shape index (κ3) is 8.89. The molecule has 16 heteroatoms. The SMILES string of the molecule is CC1CCC(c2cccc3c2cnn3C)N(C(=O)C(=O)OCC(F)(F)F)C1.O=C(Cl)C(=O)OCC(F)(F)F. The molecule has 0 saturated carbocycles. The number of aryl methyl sites for hydroxylation is 1. The van der Waals surface area contributed by atoms with E-state index in [1.807, 2.05) is 25.1 Å². The van der Waals surface area contributed by atoms with Gasteiger partial charge < -0.3 is 14.4 Å². The molecule has 2 heterocycles. The first-order valence-electron chi connectivity index (χ1n) is 10.9. The Morgan fingerprint density at radius 2 is 1.58 bits per heavy atom. The average molecular weight is 574 g/mol. The number of likely N-dealkylation sites (tertiary alicyclic amines) is 1. The summed E-state index contributed by atoms with van der Waals surface area (Å²) < 4.78 is 79.9. The Bertz CT molecular complexity index is 1180. The number of hydrogen-bond acceptors (Lipinski definition) is 7. The van der Waals surface area contributed by atoms with Gasteiger partial charge in [0.15, 0.2) is 13.2 Å². The van der Waals surface area contributed by atoms with Gasteiger partial charge in [-0.25, -0.2) is 9.59 Å². The second kappa shape index (κ2) is 12.5. The van der Waals surface area contributed by atoms with Gasteiger partial charge in [-0.1, -0.05) is 19.1 Å². The normalized spacial score (nSPS) is 17.9. The molecule has 1 aromatic carbocycles. The van der Waals surface area contributed by atoms with Crippen LogP contribution in [0.1, 0.15) is 31.4 Å². The van der Waals surface area contributed by atoms with E-state index >= 15 is 0 Å². The van der Waals surface area contributed by atoms with Crippen molar-refractivity contribution in [3.8, 4) is 0 Å². The number of aromatic nitrogens is 2. The van der Waals surface area contributed by atoms with Gasteiger partial charge in [0.25, 0.3) is 0 Å². The van der Waals surface area contributed by atoms with Gasteiger partial charge in [0.1, 0.15) is 0 Å². The second-order valence-corrected chi connectivity index (χ2v) is 8.70. The number of hydrogen-bond donors (Lipinski definition) is 0. The van der Waals surface area contributed by atoms with E-state index < -0.39 is 54.7 Å². The van der Waals surface area contributed by atoms with Crippen molar-refractivity contribution in [1.29, 1.82) is 0 Å². The smallest absolute Gasteiger partial charge is 0.422 e. The Morgan fingerprint density at radius 1 is 1.00 bits per heavy atom. The van der Waals surface area contributed by atoms with E-state index in [1.165, 1.54) is 4.90 Å². The minimum Gasteiger partial charge on any atom is -0.449 e. The van der Waals surface area contributed by atoms with Crippen LogP contribution in [0, 0.1) is 5.92 Å². The molecule has 1 aromatic heterocycles. The van der Waals surface area contributed by atoms with Gasteiger partial charge in [0.2, 0.25) is 0 Å². The van der Waals surface area contributed by atoms with Crippen molar-refractivity contribution in [3.63, 3.8) is 0 Å². The molecule has 3 rings (SSSR count). The molecule has 2 aromatic rings. The Labute approximate surface area is 216 Å². The molecule has 1 amide bonds. The van der Waals surface area contributed by atoms with E-state index in [-0.39, 0.29) is 12.5 Å². The highest BCUT2D eigenvalue weighted by atomic mass is 35.5. The minimum absolute atomic E-state index is 0.133. The van der Waals surface area contributed by atoms with Gasteiger partial charge >= 0.3 is 35.4 Å². The molecule has 9 nitrogen and oxygen atoms in total. The number of esters is 2. The van der Waals surface area contributed by atoms with Gasteiger partial charge in [-0.2, -0.15) is 31.4 Å². The Morgan fingerprint density at radius 3 is 2.13 bits per heavy atom. The summed E-state index contributed by atoms with van der Waals surface area (Å²) in [6.07, 6.45) is -6.18. The number of carbonyl (C=O) groups is 4. The third-order valence-corrected chi connectivity index (χ3v) is 5.49. The summed E-state index contributed by atoms with van der Waals surface area (Å²) in [6.45, 7) is -1.36. The van der Waals surface area contributed by atoms with Crippen LogP contribution in [0.4, 0.5) is 26.3 Å². The van der Waals surface area contributed by atoms with Crippen LogP contribution in [0.2, 0.25) is 0 Å². The number of benzene rings is 1. The van der Waals surface area contributed by atoms with Crippen molar-refractivity contribution >= 4 is 45.6 Å². The molecule has 2 unspecified atom stereocenters. The van der Waals surface area contributed by atoms with Crippen molar-refractivity contribution in [3.05, 3.63) is 30.0 Å². The summed E-state index contributed by atoms with van der Waals surface area (Å²) in [5.74, 6) is -4.10. The van der Waals surface area contributed by atoms with Gasteiger partial charge in [0.05, 0.1) is 17.8 Å². The summed E-state index contributed by atoms with van der Waals surface area (Å²) >= 11 is 4.48. The quantitative estimate of drug-likeness (QED) is 0.237. The number of ether oxygens (including phenoxy) is 2. The lowest BCUT2D eigenvalue weighted by Crippen LogP contribution is -2.45. The maximum absolute atomic E-state index is 12.5. The molecule has 1 fully saturated rings. The number of carbonyl (C=O) groups excluding carboxylic acids is 4. The molecule has 1 saturated heterocycles. The van der Waals surface area contributed by atoms with Crippen molar-refractivity contribution in [2.45, 2.75) is 38.2 Å². The number of fused-ring (bicyclic) bond motifs is 1. The Hall–Kier alpha value is -3.36. The summed E-state index contributed by atoms with van der Waals surface area (Å²) in [6, 6.07) is 5.16. The van der Waals surface area contributed by atoms with E-state index in [1.54, 1.807) is 17.9 Å². The van der Waals surface area contributed by atoms with Crippen molar-refractivity contribution in [2.24, 2.45) is 13.0 Å². The zero-order valence-corrected chi connectivity index (χ0v) is 20.7. The lowest BCUT2D eigenvalue weighted by Gasteiger charge is -2.38. The highest BCUT2D eigenvalue weighted by molar-refractivity contribution is 6.80. The molecule has 0 aliphatic carbocycles. The highest BCUT2D eigenvalue weighted by Crippen LogP contribution is 2.36. The first-order chi connectivity index (χ1) is 17.5. The molecule has 0 radical (unpaired) electrons. The van der Waals surface area contributed by atoms with Gasteiger partial charge in [-0.05, 0) is 42.0 Å². The number of halogens is 7. The molecule has 0 N–H and O–H groups in total. The standard InChI is InChI=1S/C18H20F3N3O3.C4H2ClF3O3/c1-11-6-7-15(12-4-3-5-14-13(12)8-22-23(14)2)24(9-11)16(25)17(26)27-10-18(19,20)21;5-2(9)3(10)11-1-4(6,7)8/h3-5,8,11,15H,6-7,9-10H2,1-2H3;1H2. The number of nitrogens with zero attached hydrogens (tertiary/aromatic N) is 3. The van der Waals surface area contributed by atoms with Crippen LogP contribution >= 0.6 is 11.6 Å². The predicted octanol–water partition coefficient (Wildman–Crippen LogP) is 3.84. The fourth-order valence-corrected chi connectivity index (χ4v) is 3.78. The minimum atomic E-state index is -4.67. The van der Waals surface area contributed by atoms with Crippen LogP contribution in [0.5, 0.6) is 0 Å². The number of piperidine rings is 1. The zero-order chi connectivity index (χ0) is 28.8. The second-order valence-electron chi connectivity index (χ2n) is 8.36. The van der Waals surface area contributed by atoms with Gasteiger partial charge in [-0.15, -0.1) is 0 Å². The number of alkyl halides is 6. The number of rotatable bonds is 4. The molecule has 1 aliphatic rings. The van der Waals surface area contributed by atoms with Gasteiger partial charge in [-0.3, -0.25) is 14.3 Å². The topological polar surface area (TPSA) is 108 Å². The zero-order valence-electron chi connectivity index (χ0n) is 19.9. The fraction of sp³-hybridized carbons (Fsp3) is 0.500. The first-order valence-corrected chi connectivity index (χ1v) is 11.3. The van der Waals surface area contributed by atoms with Crippen LogP contribution < -0.4 is 0 Å². The first kappa shape index (κ1) is 30.9. The van der Waals surface area contributed by atoms with Crippen molar-refractivity contribution in [1.82, 2.24) is 14.7 Å². The molecular weight excluding hydrogens is 552 g/mol. The lowest BCUT2D eigenvalue weighted by atomic mass is 9.88. The van der Waals surface area contributed by atoms with E-state index in [2.05, 4.69) is 26.2 Å². The van der Waals surface area contributed by atoms with E-state index in [0.29, 0.717) is 6.42 Å². The van der Waals surface area contributed by atoms with E-state index in [9.17, 15) is 45.5 Å². The summed E-state index contributed by atoms with van der Waals surface area (Å²) in [4.78, 5) is 45.6. The summed E-state index contributed by atoms with van der Waals surface area (Å²) in [5.41, 5.74) is 1.70. The maximum Gasteiger partial charge on any atom is 0.422 e. The van der Waals surface area contributed by atoms with E-state index in [0.717, 1.165) is 22.9 Å². The monoisotopic (exact) mass is 573 g/mol.